The van der Waals surface area contributed by atoms with Gasteiger partial charge in [-0.25, -0.2) is 4.39 Å². The lowest BCUT2D eigenvalue weighted by molar-refractivity contribution is -0.141. The van der Waals surface area contributed by atoms with E-state index < -0.39 is 11.9 Å². The Morgan fingerprint density at radius 1 is 1.20 bits per heavy atom. The number of methoxy groups -OCH3 is 1. The highest BCUT2D eigenvalue weighted by Gasteiger charge is 2.29. The van der Waals surface area contributed by atoms with Gasteiger partial charge in [0.1, 0.15) is 17.6 Å². The van der Waals surface area contributed by atoms with E-state index in [0.29, 0.717) is 18.7 Å². The van der Waals surface area contributed by atoms with E-state index in [2.05, 4.69) is 5.32 Å². The average molecular weight is 435 g/mol. The van der Waals surface area contributed by atoms with Gasteiger partial charge in [-0.3, -0.25) is 9.59 Å². The zero-order valence-corrected chi connectivity index (χ0v) is 18.3. The van der Waals surface area contributed by atoms with Crippen LogP contribution in [0.25, 0.3) is 0 Å². The van der Waals surface area contributed by atoms with Crippen LogP contribution in [0.15, 0.2) is 42.5 Å². The first kappa shape index (κ1) is 23.7. The molecular weight excluding hydrogens is 407 g/mol. The molecule has 0 unspecified atom stereocenters. The predicted octanol–water partition coefficient (Wildman–Crippen LogP) is 4.36. The van der Waals surface area contributed by atoms with E-state index in [9.17, 15) is 14.0 Å². The topological polar surface area (TPSA) is 58.6 Å². The summed E-state index contributed by atoms with van der Waals surface area (Å²) in [5.41, 5.74) is 0.938. The van der Waals surface area contributed by atoms with Crippen molar-refractivity contribution in [3.63, 3.8) is 0 Å². The molecule has 0 aliphatic carbocycles. The van der Waals surface area contributed by atoms with E-state index in [-0.39, 0.29) is 35.4 Å². The van der Waals surface area contributed by atoms with Crippen molar-refractivity contribution in [2.75, 3.05) is 13.7 Å². The van der Waals surface area contributed by atoms with Gasteiger partial charge in [0.25, 0.3) is 0 Å². The number of nitrogens with zero attached hydrogens (tertiary/aromatic N) is 1. The molecule has 0 saturated heterocycles. The first-order valence-electron chi connectivity index (χ1n) is 10.0. The fourth-order valence-corrected chi connectivity index (χ4v) is 3.44. The highest BCUT2D eigenvalue weighted by Crippen LogP contribution is 2.23. The first-order chi connectivity index (χ1) is 14.4. The third kappa shape index (κ3) is 6.20. The lowest BCUT2D eigenvalue weighted by atomic mass is 10.1. The summed E-state index contributed by atoms with van der Waals surface area (Å²) in [5.74, 6) is -0.486. The highest BCUT2D eigenvalue weighted by molar-refractivity contribution is 6.31. The Morgan fingerprint density at radius 3 is 2.57 bits per heavy atom. The molecule has 0 fully saturated rings. The summed E-state index contributed by atoms with van der Waals surface area (Å²) in [4.78, 5) is 27.5. The third-order valence-electron chi connectivity index (χ3n) is 4.81. The summed E-state index contributed by atoms with van der Waals surface area (Å²) in [6.45, 7) is 4.52. The first-order valence-corrected chi connectivity index (χ1v) is 10.4. The van der Waals surface area contributed by atoms with Crippen LogP contribution >= 0.6 is 11.6 Å². The van der Waals surface area contributed by atoms with E-state index in [1.165, 1.54) is 17.0 Å². The van der Waals surface area contributed by atoms with E-state index in [1.54, 1.807) is 19.2 Å². The number of rotatable bonds is 10. The summed E-state index contributed by atoms with van der Waals surface area (Å²) in [6, 6.07) is 10.9. The molecule has 1 N–H and O–H groups in total. The van der Waals surface area contributed by atoms with Crippen LogP contribution in [0.3, 0.4) is 0 Å². The number of amides is 2. The van der Waals surface area contributed by atoms with Crippen LogP contribution in [0.5, 0.6) is 5.75 Å². The van der Waals surface area contributed by atoms with Crippen molar-refractivity contribution in [1.29, 1.82) is 0 Å². The number of ether oxygens (including phenoxy) is 1. The van der Waals surface area contributed by atoms with Crippen molar-refractivity contribution in [3.8, 4) is 5.75 Å². The second-order valence-corrected chi connectivity index (χ2v) is 7.37. The molecule has 0 bridgehead atoms. The maximum atomic E-state index is 14.3. The Labute approximate surface area is 182 Å². The minimum atomic E-state index is -0.680. The fraction of sp³-hybridized carbons (Fsp3) is 0.391. The molecule has 2 amide bonds. The summed E-state index contributed by atoms with van der Waals surface area (Å²) >= 11 is 6.12. The van der Waals surface area contributed by atoms with Gasteiger partial charge in [0.2, 0.25) is 11.8 Å². The lowest BCUT2D eigenvalue weighted by Crippen LogP contribution is -2.49. The molecule has 0 aliphatic heterocycles. The zero-order valence-electron chi connectivity index (χ0n) is 17.6. The second-order valence-electron chi connectivity index (χ2n) is 6.97. The fourth-order valence-electron chi connectivity index (χ4n) is 3.21. The highest BCUT2D eigenvalue weighted by atomic mass is 35.5. The quantitative estimate of drug-likeness (QED) is 0.604. The van der Waals surface area contributed by atoms with Crippen LogP contribution in [0.4, 0.5) is 4.39 Å². The van der Waals surface area contributed by atoms with Crippen LogP contribution in [0, 0.1) is 5.82 Å². The molecule has 0 spiro atoms. The molecule has 0 aliphatic rings. The smallest absolute Gasteiger partial charge is 0.242 e. The molecule has 0 aromatic heterocycles. The van der Waals surface area contributed by atoms with Gasteiger partial charge in [-0.1, -0.05) is 43.6 Å². The summed E-state index contributed by atoms with van der Waals surface area (Å²) in [7, 11) is 1.56. The van der Waals surface area contributed by atoms with Gasteiger partial charge >= 0.3 is 0 Å². The summed E-state index contributed by atoms with van der Waals surface area (Å²) in [6.07, 6.45) is 0.986. The van der Waals surface area contributed by atoms with Crippen molar-refractivity contribution in [2.45, 2.75) is 45.7 Å². The maximum Gasteiger partial charge on any atom is 0.242 e. The van der Waals surface area contributed by atoms with Gasteiger partial charge in [0, 0.05) is 23.7 Å². The van der Waals surface area contributed by atoms with E-state index >= 15 is 0 Å². The summed E-state index contributed by atoms with van der Waals surface area (Å²) < 4.78 is 19.5. The van der Waals surface area contributed by atoms with Gasteiger partial charge in [0.05, 0.1) is 13.5 Å². The standard InChI is InChI=1S/C23H28ClFN2O3/c1-4-12-26-23(29)21(5-2)27(15-16-8-6-9-17(13-16)30-3)22(28)14-18-19(24)10-7-11-20(18)25/h6-11,13,21H,4-5,12,14-15H2,1-3H3,(H,26,29)/t21-/m0/s1. The molecular formula is C23H28ClFN2O3. The van der Waals surface area contributed by atoms with Crippen LogP contribution in [-0.4, -0.2) is 36.4 Å². The minimum absolute atomic E-state index is 0.128. The lowest BCUT2D eigenvalue weighted by Gasteiger charge is -2.31. The van der Waals surface area contributed by atoms with Crippen molar-refractivity contribution in [2.24, 2.45) is 0 Å². The van der Waals surface area contributed by atoms with Crippen molar-refractivity contribution in [3.05, 3.63) is 64.4 Å². The van der Waals surface area contributed by atoms with E-state index in [0.717, 1.165) is 12.0 Å². The van der Waals surface area contributed by atoms with Crippen molar-refractivity contribution >= 4 is 23.4 Å². The molecule has 0 heterocycles. The van der Waals surface area contributed by atoms with Gasteiger partial charge in [0.15, 0.2) is 0 Å². The average Bonchev–Trinajstić information content (AvgIpc) is 2.74. The van der Waals surface area contributed by atoms with Crippen LogP contribution < -0.4 is 10.1 Å². The van der Waals surface area contributed by atoms with Crippen molar-refractivity contribution in [1.82, 2.24) is 10.2 Å². The number of hydrogen-bond acceptors (Lipinski definition) is 3. The van der Waals surface area contributed by atoms with Gasteiger partial charge in [-0.2, -0.15) is 0 Å². The second kappa shape index (κ2) is 11.6. The van der Waals surface area contributed by atoms with Gasteiger partial charge in [-0.05, 0) is 42.7 Å². The van der Waals surface area contributed by atoms with Crippen molar-refractivity contribution < 1.29 is 18.7 Å². The zero-order chi connectivity index (χ0) is 22.1. The Kier molecular flexibility index (Phi) is 9.12. The number of benzene rings is 2. The molecule has 2 rings (SSSR count). The Morgan fingerprint density at radius 2 is 1.93 bits per heavy atom. The SMILES string of the molecule is CCCNC(=O)[C@H](CC)N(Cc1cccc(OC)c1)C(=O)Cc1c(F)cccc1Cl. The predicted molar refractivity (Wildman–Crippen MR) is 116 cm³/mol. The van der Waals surface area contributed by atoms with E-state index in [1.807, 2.05) is 32.0 Å². The molecule has 30 heavy (non-hydrogen) atoms. The number of nitrogens with one attached hydrogen (secondary N) is 1. The monoisotopic (exact) mass is 434 g/mol. The number of carbonyl (C=O) groups is 2. The molecule has 0 radical (unpaired) electrons. The molecule has 162 valence electrons. The molecule has 0 saturated carbocycles. The molecule has 2 aromatic rings. The third-order valence-corrected chi connectivity index (χ3v) is 5.17. The number of carbonyl (C=O) groups excluding carboxylic acids is 2. The number of halogens is 2. The molecule has 7 heteroatoms. The molecule has 1 atom stereocenters. The van der Waals surface area contributed by atoms with Crippen LogP contribution in [0.1, 0.15) is 37.8 Å². The number of hydrogen-bond donors (Lipinski definition) is 1. The van der Waals surface area contributed by atoms with E-state index in [4.69, 9.17) is 16.3 Å². The minimum Gasteiger partial charge on any atom is -0.497 e. The van der Waals surface area contributed by atoms with Gasteiger partial charge in [-0.15, -0.1) is 0 Å². The Balaban J connectivity index is 2.35. The van der Waals surface area contributed by atoms with Crippen LogP contribution in [0.2, 0.25) is 5.02 Å². The Hall–Kier alpha value is -2.60. The maximum absolute atomic E-state index is 14.3. The summed E-state index contributed by atoms with van der Waals surface area (Å²) in [5, 5.41) is 3.04. The Bertz CT molecular complexity index is 855. The molecule has 5 nitrogen and oxygen atoms in total. The molecule has 2 aromatic carbocycles. The largest absolute Gasteiger partial charge is 0.497 e. The van der Waals surface area contributed by atoms with Crippen LogP contribution in [-0.2, 0) is 22.6 Å². The normalized spacial score (nSPS) is 11.6. The van der Waals surface area contributed by atoms with Gasteiger partial charge < -0.3 is 15.0 Å².